The summed E-state index contributed by atoms with van der Waals surface area (Å²) in [5, 5.41) is 20.9. The molecule has 12 heteroatoms. The number of fused-ring (bicyclic) bond motifs is 3. The van der Waals surface area contributed by atoms with Crippen molar-refractivity contribution >= 4 is 49.1 Å². The van der Waals surface area contributed by atoms with Crippen LogP contribution in [0.5, 0.6) is 5.75 Å². The smallest absolute Gasteiger partial charge is 0.465 e. The molecule has 0 aliphatic rings. The molecule has 6 rings (SSSR count). The lowest BCUT2D eigenvalue weighted by atomic mass is 10.1. The third-order valence-corrected chi connectivity index (χ3v) is 6.07. The highest BCUT2D eigenvalue weighted by atomic mass is 32.3. The summed E-state index contributed by atoms with van der Waals surface area (Å²) in [6.45, 7) is 0. The standard InChI is InChI=1S/C11H12N2O2.C8H7NO5S.C8H7N/c12-9(11(14)15)5-7-6-13-10-4-2-1-3-8(7)10;10-8-5-9(14-15(11,12)13)7-4-2-1-3-6(7)8;1-2-4-8-7(3-1)5-6-9-8/h1-4,6,9,13H,5,12H2,(H,14,15);1-5,10H,(H,11,12,13);1-6,9H/t9-;;/m0../s1. The van der Waals surface area contributed by atoms with Crippen molar-refractivity contribution in [1.82, 2.24) is 14.7 Å². The summed E-state index contributed by atoms with van der Waals surface area (Å²) in [5.74, 6) is -1.10. The largest absolute Gasteiger partial charge is 0.506 e. The molecule has 0 aliphatic carbocycles. The number of aromatic nitrogens is 3. The predicted octanol–water partition coefficient (Wildman–Crippen LogP) is 3.87. The second kappa shape index (κ2) is 11.7. The number of hydrogen-bond acceptors (Lipinski definition) is 6. The van der Waals surface area contributed by atoms with E-state index in [0.717, 1.165) is 27.4 Å². The Labute approximate surface area is 223 Å². The molecule has 0 fully saturated rings. The van der Waals surface area contributed by atoms with E-state index in [1.165, 1.54) is 10.9 Å². The van der Waals surface area contributed by atoms with Crippen molar-refractivity contribution in [2.24, 2.45) is 5.73 Å². The fourth-order valence-electron chi connectivity index (χ4n) is 3.92. The van der Waals surface area contributed by atoms with E-state index in [1.54, 1.807) is 24.3 Å². The number of carboxylic acid groups (broad SMARTS) is 1. The van der Waals surface area contributed by atoms with Gasteiger partial charge in [-0.2, -0.15) is 13.1 Å². The monoisotopic (exact) mass is 550 g/mol. The molecule has 0 saturated heterocycles. The van der Waals surface area contributed by atoms with Gasteiger partial charge < -0.3 is 25.9 Å². The fraction of sp³-hybridized carbons (Fsp3) is 0.0741. The first-order valence-corrected chi connectivity index (χ1v) is 13.0. The Bertz CT molecular complexity index is 1790. The molecule has 11 nitrogen and oxygen atoms in total. The Morgan fingerprint density at radius 3 is 2.26 bits per heavy atom. The number of benzene rings is 3. The average molecular weight is 551 g/mol. The molecule has 0 saturated carbocycles. The van der Waals surface area contributed by atoms with Crippen molar-refractivity contribution in [1.29, 1.82) is 0 Å². The van der Waals surface area contributed by atoms with E-state index in [-0.39, 0.29) is 5.75 Å². The maximum absolute atomic E-state index is 10.6. The lowest BCUT2D eigenvalue weighted by Gasteiger charge is -2.04. The highest BCUT2D eigenvalue weighted by Gasteiger charge is 2.14. The van der Waals surface area contributed by atoms with Crippen LogP contribution in [0, 0.1) is 0 Å². The van der Waals surface area contributed by atoms with E-state index < -0.39 is 22.4 Å². The van der Waals surface area contributed by atoms with Crippen LogP contribution < -0.4 is 10.0 Å². The summed E-state index contributed by atoms with van der Waals surface area (Å²) in [6, 6.07) is 23.7. The van der Waals surface area contributed by atoms with Crippen molar-refractivity contribution in [3.05, 3.63) is 103 Å². The first-order valence-electron chi connectivity index (χ1n) is 11.6. The summed E-state index contributed by atoms with van der Waals surface area (Å²) in [4.78, 5) is 16.8. The number of rotatable bonds is 5. The van der Waals surface area contributed by atoms with Gasteiger partial charge in [-0.05, 0) is 41.3 Å². The third kappa shape index (κ3) is 6.96. The fourth-order valence-corrected chi connectivity index (χ4v) is 4.24. The maximum Gasteiger partial charge on any atom is 0.465 e. The molecule has 7 N–H and O–H groups in total. The van der Waals surface area contributed by atoms with Crippen molar-refractivity contribution < 1.29 is 32.3 Å². The molecule has 0 unspecified atom stereocenters. The van der Waals surface area contributed by atoms with Gasteiger partial charge in [0, 0.05) is 40.6 Å². The number of carbonyl (C=O) groups is 1. The summed E-state index contributed by atoms with van der Waals surface area (Å²) >= 11 is 0. The van der Waals surface area contributed by atoms with Gasteiger partial charge in [0.2, 0.25) is 0 Å². The van der Waals surface area contributed by atoms with E-state index in [1.807, 2.05) is 48.8 Å². The number of nitrogens with one attached hydrogen (secondary N) is 2. The Balaban J connectivity index is 0.000000140. The zero-order valence-electron chi connectivity index (χ0n) is 20.4. The Morgan fingerprint density at radius 2 is 1.56 bits per heavy atom. The number of H-pyrrole nitrogens is 2. The SMILES string of the molecule is N[C@@H](Cc1c[nH]c2ccccc12)C(=O)O.O=S(=O)(O)On1cc(O)c2ccccc21.c1ccc2[nH]ccc2c1. The number of nitrogens with two attached hydrogens (primary N) is 1. The number of nitrogens with zero attached hydrogens (tertiary/aromatic N) is 1. The zero-order valence-corrected chi connectivity index (χ0v) is 21.2. The number of aromatic hydroxyl groups is 1. The topological polar surface area (TPSA) is 184 Å². The second-order valence-electron chi connectivity index (χ2n) is 8.43. The van der Waals surface area contributed by atoms with Crippen LogP contribution in [0.2, 0.25) is 0 Å². The summed E-state index contributed by atoms with van der Waals surface area (Å²) in [6.07, 6.45) is 5.16. The lowest BCUT2D eigenvalue weighted by Crippen LogP contribution is -2.32. The predicted molar refractivity (Wildman–Crippen MR) is 148 cm³/mol. The highest BCUT2D eigenvalue weighted by molar-refractivity contribution is 7.81. The molecule has 3 heterocycles. The maximum atomic E-state index is 10.6. The van der Waals surface area contributed by atoms with Gasteiger partial charge in [0.25, 0.3) is 0 Å². The molecule has 1 atom stereocenters. The summed E-state index contributed by atoms with van der Waals surface area (Å²) < 4.78 is 34.5. The zero-order chi connectivity index (χ0) is 28.0. The van der Waals surface area contributed by atoms with Crippen LogP contribution in [-0.2, 0) is 21.6 Å². The van der Waals surface area contributed by atoms with Crippen LogP contribution in [0.3, 0.4) is 0 Å². The number of aliphatic carboxylic acids is 1. The quantitative estimate of drug-likeness (QED) is 0.175. The Kier molecular flexibility index (Phi) is 8.20. The van der Waals surface area contributed by atoms with Gasteiger partial charge in [0.05, 0.1) is 11.7 Å². The van der Waals surface area contributed by atoms with Crippen LogP contribution in [0.1, 0.15) is 5.56 Å². The molecule has 3 aromatic heterocycles. The van der Waals surface area contributed by atoms with Crippen LogP contribution in [-0.4, -0.2) is 49.9 Å². The summed E-state index contributed by atoms with van der Waals surface area (Å²) in [7, 11) is -4.60. The van der Waals surface area contributed by atoms with Gasteiger partial charge in [-0.1, -0.05) is 48.5 Å². The van der Waals surface area contributed by atoms with E-state index >= 15 is 0 Å². The minimum absolute atomic E-state index is 0.130. The molecular weight excluding hydrogens is 524 g/mol. The van der Waals surface area contributed by atoms with Gasteiger partial charge in [0.15, 0.2) is 0 Å². The normalized spacial score (nSPS) is 11.8. The van der Waals surface area contributed by atoms with E-state index in [0.29, 0.717) is 17.3 Å². The van der Waals surface area contributed by atoms with Crippen LogP contribution in [0.4, 0.5) is 0 Å². The second-order valence-corrected chi connectivity index (χ2v) is 9.44. The molecule has 0 bridgehead atoms. The minimum atomic E-state index is -4.60. The molecule has 3 aromatic carbocycles. The van der Waals surface area contributed by atoms with Crippen LogP contribution in [0.15, 0.2) is 97.5 Å². The number of para-hydroxylation sites is 3. The van der Waals surface area contributed by atoms with Crippen molar-refractivity contribution in [3.8, 4) is 5.75 Å². The number of carboxylic acids is 1. The van der Waals surface area contributed by atoms with Crippen molar-refractivity contribution in [2.45, 2.75) is 12.5 Å². The van der Waals surface area contributed by atoms with E-state index in [9.17, 15) is 18.3 Å². The molecule has 0 aliphatic heterocycles. The average Bonchev–Trinajstić information content (AvgIpc) is 3.62. The highest BCUT2D eigenvalue weighted by Crippen LogP contribution is 2.25. The molecule has 0 amide bonds. The van der Waals surface area contributed by atoms with Gasteiger partial charge in [0.1, 0.15) is 11.8 Å². The lowest BCUT2D eigenvalue weighted by molar-refractivity contribution is -0.138. The van der Waals surface area contributed by atoms with Gasteiger partial charge in [-0.3, -0.25) is 13.6 Å². The molecular formula is C27H26N4O7S. The molecule has 39 heavy (non-hydrogen) atoms. The first-order chi connectivity index (χ1) is 18.6. The molecule has 0 spiro atoms. The van der Waals surface area contributed by atoms with Gasteiger partial charge in [-0.15, -0.1) is 0 Å². The number of aromatic amines is 2. The van der Waals surface area contributed by atoms with E-state index in [4.69, 9.17) is 15.4 Å². The van der Waals surface area contributed by atoms with Gasteiger partial charge in [-0.25, -0.2) is 0 Å². The first kappa shape index (κ1) is 27.3. The van der Waals surface area contributed by atoms with Crippen LogP contribution >= 0.6 is 0 Å². The summed E-state index contributed by atoms with van der Waals surface area (Å²) in [5.41, 5.74) is 8.98. The van der Waals surface area contributed by atoms with Crippen LogP contribution in [0.25, 0.3) is 32.7 Å². The molecule has 0 radical (unpaired) electrons. The molecule has 6 aromatic rings. The molecule has 202 valence electrons. The third-order valence-electron chi connectivity index (χ3n) is 5.73. The Hall–Kier alpha value is -4.78. The van der Waals surface area contributed by atoms with Gasteiger partial charge >= 0.3 is 16.4 Å². The van der Waals surface area contributed by atoms with Crippen molar-refractivity contribution in [2.75, 3.05) is 0 Å². The van der Waals surface area contributed by atoms with E-state index in [2.05, 4.69) is 32.5 Å². The Morgan fingerprint density at radius 1 is 0.923 bits per heavy atom. The van der Waals surface area contributed by atoms with Crippen molar-refractivity contribution in [3.63, 3.8) is 0 Å². The minimum Gasteiger partial charge on any atom is -0.506 e. The number of hydrogen-bond donors (Lipinski definition) is 6.